The number of anilines is 1. The number of nitrogens with one attached hydrogen (secondary N) is 1. The Morgan fingerprint density at radius 3 is 2.57 bits per heavy atom. The van der Waals surface area contributed by atoms with Crippen molar-refractivity contribution in [3.05, 3.63) is 30.3 Å². The van der Waals surface area contributed by atoms with Gasteiger partial charge in [-0.3, -0.25) is 4.52 Å². The average molecular weight is 213 g/mol. The van der Waals surface area contributed by atoms with Gasteiger partial charge in [0.15, 0.2) is 0 Å². The van der Waals surface area contributed by atoms with E-state index in [0.717, 1.165) is 5.69 Å². The van der Waals surface area contributed by atoms with Crippen LogP contribution < -0.4 is 22.5 Å². The highest BCUT2D eigenvalue weighted by Gasteiger charge is 2.14. The lowest BCUT2D eigenvalue weighted by atomic mass is 10.3. The molecule has 74 valence electrons. The summed E-state index contributed by atoms with van der Waals surface area (Å²) in [5, 5.41) is 10.5. The van der Waals surface area contributed by atoms with Gasteiger partial charge < -0.3 is 17.7 Å². The Balaban J connectivity index is 0.000000980. The van der Waals surface area contributed by atoms with E-state index in [2.05, 4.69) is 15.7 Å². The normalized spacial score (nSPS) is 9.21. The van der Waals surface area contributed by atoms with Crippen molar-refractivity contribution in [1.29, 1.82) is 0 Å². The van der Waals surface area contributed by atoms with Gasteiger partial charge in [0.2, 0.25) is 5.27 Å². The van der Waals surface area contributed by atoms with Crippen LogP contribution in [0.4, 0.5) is 6.01 Å². The first-order valence-electron chi connectivity index (χ1n) is 3.89. The van der Waals surface area contributed by atoms with Gasteiger partial charge >= 0.3 is 6.01 Å². The van der Waals surface area contributed by atoms with Crippen molar-refractivity contribution in [3.63, 3.8) is 0 Å². The van der Waals surface area contributed by atoms with Crippen LogP contribution in [0.5, 0.6) is 0 Å². The summed E-state index contributed by atoms with van der Waals surface area (Å²) in [4.78, 5) is 1.42. The third kappa shape index (κ3) is 2.00. The molecule has 0 aliphatic heterocycles. The molecule has 0 amide bonds. The lowest BCUT2D eigenvalue weighted by molar-refractivity contribution is -0.724. The molecule has 1 aromatic carbocycles. The molecule has 0 saturated carbocycles. The number of aromatic nitrogens is 3. The summed E-state index contributed by atoms with van der Waals surface area (Å²) >= 11 is 0. The zero-order valence-corrected chi connectivity index (χ0v) is 8.27. The molecular weight excluding hydrogens is 204 g/mol. The SMILES string of the molecule is CNc1n[n+](-c2ccccc2)no1.[Cl-]. The quantitative estimate of drug-likeness (QED) is 0.555. The molecule has 0 radical (unpaired) electrons. The second-order valence-electron chi connectivity index (χ2n) is 2.45. The Labute approximate surface area is 87.1 Å². The Hall–Kier alpha value is -1.62. The fourth-order valence-electron chi connectivity index (χ4n) is 0.962. The van der Waals surface area contributed by atoms with E-state index in [0.29, 0.717) is 6.01 Å². The first-order valence-corrected chi connectivity index (χ1v) is 3.89. The molecule has 14 heavy (non-hydrogen) atoms. The van der Waals surface area contributed by atoms with Crippen molar-refractivity contribution in [2.45, 2.75) is 0 Å². The first kappa shape index (κ1) is 10.5. The van der Waals surface area contributed by atoms with Crippen LogP contribution in [0.1, 0.15) is 0 Å². The second-order valence-corrected chi connectivity index (χ2v) is 2.45. The number of rotatable bonds is 2. The van der Waals surface area contributed by atoms with Crippen LogP contribution in [0.25, 0.3) is 5.69 Å². The molecule has 0 bridgehead atoms. The predicted molar refractivity (Wildman–Crippen MR) is 45.4 cm³/mol. The molecule has 0 aliphatic rings. The van der Waals surface area contributed by atoms with E-state index in [9.17, 15) is 0 Å². The molecule has 0 unspecified atom stereocenters. The Morgan fingerprint density at radius 1 is 1.29 bits per heavy atom. The van der Waals surface area contributed by atoms with Gasteiger partial charge in [0.1, 0.15) is 4.80 Å². The summed E-state index contributed by atoms with van der Waals surface area (Å²) in [7, 11) is 1.73. The maximum atomic E-state index is 4.86. The summed E-state index contributed by atoms with van der Waals surface area (Å²) in [6.07, 6.45) is 0. The molecule has 2 rings (SSSR count). The Morgan fingerprint density at radius 2 is 2.00 bits per heavy atom. The minimum Gasteiger partial charge on any atom is -1.00 e. The third-order valence-electron chi connectivity index (χ3n) is 1.59. The number of nitrogens with zero attached hydrogens (tertiary/aromatic N) is 3. The van der Waals surface area contributed by atoms with E-state index < -0.39 is 0 Å². The van der Waals surface area contributed by atoms with E-state index in [1.54, 1.807) is 7.05 Å². The summed E-state index contributed by atoms with van der Waals surface area (Å²) in [5.41, 5.74) is 0.868. The van der Waals surface area contributed by atoms with Crippen molar-refractivity contribution in [2.75, 3.05) is 12.4 Å². The van der Waals surface area contributed by atoms with Crippen LogP contribution in [0.3, 0.4) is 0 Å². The zero-order chi connectivity index (χ0) is 9.10. The van der Waals surface area contributed by atoms with Crippen molar-refractivity contribution in [3.8, 4) is 5.69 Å². The maximum absolute atomic E-state index is 4.86. The third-order valence-corrected chi connectivity index (χ3v) is 1.59. The second kappa shape index (κ2) is 4.57. The van der Waals surface area contributed by atoms with E-state index in [-0.39, 0.29) is 12.4 Å². The van der Waals surface area contributed by atoms with E-state index in [4.69, 9.17) is 4.52 Å². The lowest BCUT2D eigenvalue weighted by Gasteiger charge is -1.81. The summed E-state index contributed by atoms with van der Waals surface area (Å²) in [5.74, 6) is 0. The summed E-state index contributed by atoms with van der Waals surface area (Å²) in [6, 6.07) is 9.95. The molecular formula is C8H9ClN4O. The molecule has 1 heterocycles. The van der Waals surface area contributed by atoms with Crippen LogP contribution in [-0.4, -0.2) is 17.4 Å². The van der Waals surface area contributed by atoms with Gasteiger partial charge in [-0.2, -0.15) is 0 Å². The Kier molecular flexibility index (Phi) is 3.41. The molecule has 5 nitrogen and oxygen atoms in total. The molecule has 0 aliphatic carbocycles. The number of benzene rings is 1. The standard InChI is InChI=1S/C8H9N4O.ClH/c1-9-8-10-12(11-13-8)7-5-3-2-4-6-7;/h2-6H,1H3,(H,9,10,11);1H/q+1;/p-1. The molecule has 0 saturated heterocycles. The first-order chi connectivity index (χ1) is 6.40. The van der Waals surface area contributed by atoms with Crippen molar-refractivity contribution in [1.82, 2.24) is 10.4 Å². The van der Waals surface area contributed by atoms with Crippen molar-refractivity contribution < 1.29 is 21.7 Å². The highest BCUT2D eigenvalue weighted by atomic mass is 35.5. The molecule has 0 atom stereocenters. The van der Waals surface area contributed by atoms with Gasteiger partial charge in [-0.05, 0) is 0 Å². The zero-order valence-electron chi connectivity index (χ0n) is 7.51. The van der Waals surface area contributed by atoms with Gasteiger partial charge in [-0.1, -0.05) is 18.2 Å². The number of hydrogen-bond acceptors (Lipinski definition) is 4. The monoisotopic (exact) mass is 212 g/mol. The topological polar surface area (TPSA) is 54.8 Å². The van der Waals surface area contributed by atoms with Gasteiger partial charge in [-0.15, -0.1) is 0 Å². The van der Waals surface area contributed by atoms with Crippen LogP contribution in [0.2, 0.25) is 0 Å². The van der Waals surface area contributed by atoms with E-state index in [1.165, 1.54) is 4.80 Å². The number of hydrogen-bond donors (Lipinski definition) is 1. The highest BCUT2D eigenvalue weighted by molar-refractivity contribution is 5.20. The van der Waals surface area contributed by atoms with E-state index in [1.807, 2.05) is 30.3 Å². The Bertz CT molecular complexity index is 389. The van der Waals surface area contributed by atoms with Crippen molar-refractivity contribution >= 4 is 6.01 Å². The highest BCUT2D eigenvalue weighted by Crippen LogP contribution is 1.98. The number of halogens is 1. The van der Waals surface area contributed by atoms with Gasteiger partial charge in [0.25, 0.3) is 5.69 Å². The van der Waals surface area contributed by atoms with Gasteiger partial charge in [0.05, 0.1) is 5.10 Å². The molecule has 1 aromatic heterocycles. The molecule has 0 spiro atoms. The van der Waals surface area contributed by atoms with Crippen LogP contribution in [0.15, 0.2) is 34.9 Å². The minimum absolute atomic E-state index is 0. The fourth-order valence-corrected chi connectivity index (χ4v) is 0.962. The maximum Gasteiger partial charge on any atom is 0.389 e. The molecule has 0 fully saturated rings. The van der Waals surface area contributed by atoms with Gasteiger partial charge in [0, 0.05) is 19.2 Å². The molecule has 6 heteroatoms. The smallest absolute Gasteiger partial charge is 0.389 e. The van der Waals surface area contributed by atoms with Crippen molar-refractivity contribution in [2.24, 2.45) is 0 Å². The van der Waals surface area contributed by atoms with E-state index >= 15 is 0 Å². The van der Waals surface area contributed by atoms with Crippen LogP contribution in [-0.2, 0) is 0 Å². The summed E-state index contributed by atoms with van der Waals surface area (Å²) < 4.78 is 4.86. The van der Waals surface area contributed by atoms with Crippen LogP contribution in [0, 0.1) is 0 Å². The lowest BCUT2D eigenvalue weighted by Crippen LogP contribution is -3.00. The predicted octanol–water partition coefficient (Wildman–Crippen LogP) is -2.61. The number of para-hydroxylation sites is 1. The minimum atomic E-state index is 0. The average Bonchev–Trinajstić information content (AvgIpc) is 2.67. The van der Waals surface area contributed by atoms with Crippen LogP contribution >= 0.6 is 0 Å². The molecule has 2 aromatic rings. The largest absolute Gasteiger partial charge is 1.00 e. The fraction of sp³-hybridized carbons (Fsp3) is 0.125. The van der Waals surface area contributed by atoms with Gasteiger partial charge in [-0.25, -0.2) is 0 Å². The summed E-state index contributed by atoms with van der Waals surface area (Å²) in [6.45, 7) is 0. The molecule has 1 N–H and O–H groups in total.